The minimum Gasteiger partial charge on any atom is -0.495 e. The number of piperazine rings is 1. The Bertz CT molecular complexity index is 459. The highest BCUT2D eigenvalue weighted by Crippen LogP contribution is 2.40. The van der Waals surface area contributed by atoms with E-state index in [0.29, 0.717) is 5.41 Å². The van der Waals surface area contributed by atoms with Gasteiger partial charge >= 0.3 is 0 Å². The van der Waals surface area contributed by atoms with Gasteiger partial charge in [0, 0.05) is 32.7 Å². The molecule has 0 aromatic heterocycles. The molecule has 1 saturated heterocycles. The largest absolute Gasteiger partial charge is 0.495 e. The Balaban J connectivity index is 1.57. The topological polar surface area (TPSA) is 41.7 Å². The summed E-state index contributed by atoms with van der Waals surface area (Å²) in [6.45, 7) is 6.42. The van der Waals surface area contributed by atoms with Gasteiger partial charge < -0.3 is 15.4 Å². The zero-order chi connectivity index (χ0) is 14.7. The normalized spacial score (nSPS) is 21.9. The molecule has 1 saturated carbocycles. The van der Waals surface area contributed by atoms with Crippen LogP contribution in [0.3, 0.4) is 0 Å². The molecule has 2 fully saturated rings. The van der Waals surface area contributed by atoms with Crippen molar-refractivity contribution in [2.45, 2.75) is 19.3 Å². The Labute approximate surface area is 127 Å². The molecule has 4 nitrogen and oxygen atoms in total. The van der Waals surface area contributed by atoms with E-state index in [2.05, 4.69) is 21.9 Å². The van der Waals surface area contributed by atoms with Gasteiger partial charge in [0.15, 0.2) is 0 Å². The second kappa shape index (κ2) is 6.24. The fraction of sp³-hybridized carbons (Fsp3) is 0.647. The van der Waals surface area contributed by atoms with Crippen molar-refractivity contribution in [3.05, 3.63) is 24.3 Å². The number of ether oxygens (including phenoxy) is 1. The molecule has 1 aliphatic carbocycles. The minimum absolute atomic E-state index is 0.423. The number of rotatable bonds is 5. The van der Waals surface area contributed by atoms with Gasteiger partial charge in [0.25, 0.3) is 0 Å². The van der Waals surface area contributed by atoms with Crippen molar-refractivity contribution in [1.82, 2.24) is 4.90 Å². The zero-order valence-electron chi connectivity index (χ0n) is 13.1. The maximum Gasteiger partial charge on any atom is 0.142 e. The van der Waals surface area contributed by atoms with E-state index >= 15 is 0 Å². The van der Waals surface area contributed by atoms with E-state index in [4.69, 9.17) is 10.5 Å². The third-order valence-electron chi connectivity index (χ3n) is 5.20. The van der Waals surface area contributed by atoms with Gasteiger partial charge in [-0.05, 0) is 36.9 Å². The summed E-state index contributed by atoms with van der Waals surface area (Å²) >= 11 is 0. The number of hydrogen-bond acceptors (Lipinski definition) is 4. The lowest BCUT2D eigenvalue weighted by Crippen LogP contribution is -2.53. The van der Waals surface area contributed by atoms with Gasteiger partial charge in [-0.2, -0.15) is 0 Å². The third kappa shape index (κ3) is 3.01. The molecular formula is C17H27N3O. The first-order valence-electron chi connectivity index (χ1n) is 8.07. The first-order valence-corrected chi connectivity index (χ1v) is 8.07. The second-order valence-corrected chi connectivity index (χ2v) is 6.49. The Kier molecular flexibility index (Phi) is 4.36. The van der Waals surface area contributed by atoms with E-state index < -0.39 is 0 Å². The molecule has 0 atom stereocenters. The average Bonchev–Trinajstić information content (AvgIpc) is 2.51. The summed E-state index contributed by atoms with van der Waals surface area (Å²) in [5.41, 5.74) is 7.63. The molecule has 0 unspecified atom stereocenters. The fourth-order valence-electron chi connectivity index (χ4n) is 3.62. The van der Waals surface area contributed by atoms with Crippen LogP contribution in [0.15, 0.2) is 24.3 Å². The third-order valence-corrected chi connectivity index (χ3v) is 5.20. The molecule has 1 aliphatic heterocycles. The van der Waals surface area contributed by atoms with Crippen molar-refractivity contribution >= 4 is 5.69 Å². The predicted molar refractivity (Wildman–Crippen MR) is 87.0 cm³/mol. The molecule has 1 aromatic carbocycles. The monoisotopic (exact) mass is 289 g/mol. The smallest absolute Gasteiger partial charge is 0.142 e. The van der Waals surface area contributed by atoms with Crippen molar-refractivity contribution in [1.29, 1.82) is 0 Å². The molecule has 4 heteroatoms. The number of nitrogens with zero attached hydrogens (tertiary/aromatic N) is 2. The molecule has 3 rings (SSSR count). The number of benzene rings is 1. The van der Waals surface area contributed by atoms with Gasteiger partial charge in [0.05, 0.1) is 12.8 Å². The number of hydrogen-bond donors (Lipinski definition) is 1. The van der Waals surface area contributed by atoms with Crippen LogP contribution in [0, 0.1) is 5.41 Å². The first-order chi connectivity index (χ1) is 10.3. The first kappa shape index (κ1) is 14.7. The lowest BCUT2D eigenvalue weighted by Gasteiger charge is -2.46. The van der Waals surface area contributed by atoms with Crippen LogP contribution >= 0.6 is 0 Å². The molecule has 1 aromatic rings. The maximum absolute atomic E-state index is 5.99. The van der Waals surface area contributed by atoms with Gasteiger partial charge in [-0.1, -0.05) is 18.6 Å². The molecule has 21 heavy (non-hydrogen) atoms. The number of nitrogens with two attached hydrogens (primary N) is 1. The number of para-hydroxylation sites is 2. The summed E-state index contributed by atoms with van der Waals surface area (Å²) in [6.07, 6.45) is 3.99. The Morgan fingerprint density at radius 2 is 1.86 bits per heavy atom. The Morgan fingerprint density at radius 1 is 1.14 bits per heavy atom. The van der Waals surface area contributed by atoms with Crippen molar-refractivity contribution < 1.29 is 4.74 Å². The highest BCUT2D eigenvalue weighted by atomic mass is 16.5. The molecule has 0 amide bonds. The molecular weight excluding hydrogens is 262 g/mol. The molecule has 1 heterocycles. The summed E-state index contributed by atoms with van der Waals surface area (Å²) in [4.78, 5) is 5.03. The quantitative estimate of drug-likeness (QED) is 0.899. The summed E-state index contributed by atoms with van der Waals surface area (Å²) in [5.74, 6) is 0.975. The Morgan fingerprint density at radius 3 is 2.43 bits per heavy atom. The van der Waals surface area contributed by atoms with Crippen molar-refractivity contribution in [2.24, 2.45) is 11.1 Å². The molecule has 2 aliphatic rings. The van der Waals surface area contributed by atoms with E-state index in [1.165, 1.54) is 31.5 Å². The van der Waals surface area contributed by atoms with Crippen molar-refractivity contribution in [3.8, 4) is 5.75 Å². The lowest BCUT2D eigenvalue weighted by atomic mass is 9.68. The average molecular weight is 289 g/mol. The van der Waals surface area contributed by atoms with Crippen LogP contribution in [-0.2, 0) is 0 Å². The van der Waals surface area contributed by atoms with Crippen LogP contribution < -0.4 is 15.4 Å². The van der Waals surface area contributed by atoms with Gasteiger partial charge in [-0.3, -0.25) is 4.90 Å². The summed E-state index contributed by atoms with van der Waals surface area (Å²) in [5, 5.41) is 0. The highest BCUT2D eigenvalue weighted by Gasteiger charge is 2.37. The molecule has 2 N–H and O–H groups in total. The summed E-state index contributed by atoms with van der Waals surface area (Å²) in [6, 6.07) is 8.31. The molecule has 0 bridgehead atoms. The van der Waals surface area contributed by atoms with Crippen LogP contribution in [0.5, 0.6) is 5.75 Å². The number of methoxy groups -OCH3 is 1. The van der Waals surface area contributed by atoms with E-state index in [0.717, 1.165) is 38.5 Å². The van der Waals surface area contributed by atoms with Crippen molar-refractivity contribution in [3.63, 3.8) is 0 Å². The maximum atomic E-state index is 5.99. The van der Waals surface area contributed by atoms with Crippen LogP contribution in [0.4, 0.5) is 5.69 Å². The van der Waals surface area contributed by atoms with E-state index in [1.54, 1.807) is 7.11 Å². The SMILES string of the molecule is COc1ccccc1N1CCN(CC2(CN)CCC2)CC1. The minimum atomic E-state index is 0.423. The second-order valence-electron chi connectivity index (χ2n) is 6.49. The number of anilines is 1. The van der Waals surface area contributed by atoms with Crippen LogP contribution in [-0.4, -0.2) is 51.3 Å². The van der Waals surface area contributed by atoms with Gasteiger partial charge in [0.2, 0.25) is 0 Å². The van der Waals surface area contributed by atoms with Gasteiger partial charge in [-0.25, -0.2) is 0 Å². The van der Waals surface area contributed by atoms with Crippen molar-refractivity contribution in [2.75, 3.05) is 51.3 Å². The highest BCUT2D eigenvalue weighted by molar-refractivity contribution is 5.58. The van der Waals surface area contributed by atoms with Gasteiger partial charge in [0.1, 0.15) is 5.75 Å². The van der Waals surface area contributed by atoms with E-state index in [-0.39, 0.29) is 0 Å². The van der Waals surface area contributed by atoms with Crippen LogP contribution in [0.2, 0.25) is 0 Å². The molecule has 0 radical (unpaired) electrons. The summed E-state index contributed by atoms with van der Waals surface area (Å²) < 4.78 is 5.48. The van der Waals surface area contributed by atoms with Gasteiger partial charge in [-0.15, -0.1) is 0 Å². The Hall–Kier alpha value is -1.26. The summed E-state index contributed by atoms with van der Waals surface area (Å²) in [7, 11) is 1.75. The zero-order valence-corrected chi connectivity index (χ0v) is 13.1. The molecule has 0 spiro atoms. The van der Waals surface area contributed by atoms with Crippen LogP contribution in [0.25, 0.3) is 0 Å². The lowest BCUT2D eigenvalue weighted by molar-refractivity contribution is 0.0717. The van der Waals surface area contributed by atoms with Crippen LogP contribution in [0.1, 0.15) is 19.3 Å². The predicted octanol–water partition coefficient (Wildman–Crippen LogP) is 1.95. The van der Waals surface area contributed by atoms with E-state index in [9.17, 15) is 0 Å². The fourth-order valence-corrected chi connectivity index (χ4v) is 3.62. The van der Waals surface area contributed by atoms with E-state index in [1.807, 2.05) is 12.1 Å². The molecule has 116 valence electrons. The standard InChI is InChI=1S/C17H27N3O/c1-21-16-6-3-2-5-15(16)20-11-9-19(10-12-20)14-17(13-18)7-4-8-17/h2-3,5-6H,4,7-14,18H2,1H3.